The second-order valence-electron chi connectivity index (χ2n) is 4.88. The summed E-state index contributed by atoms with van der Waals surface area (Å²) in [6, 6.07) is 6.68. The van der Waals surface area contributed by atoms with Crippen LogP contribution in [0.25, 0.3) is 0 Å². The summed E-state index contributed by atoms with van der Waals surface area (Å²) in [7, 11) is 4.14. The van der Waals surface area contributed by atoms with Crippen molar-refractivity contribution < 1.29 is 4.58 Å². The van der Waals surface area contributed by atoms with Crippen LogP contribution in [-0.2, 0) is 0 Å². The van der Waals surface area contributed by atoms with Crippen LogP contribution in [0.5, 0.6) is 0 Å². The molecule has 2 aliphatic rings. The third-order valence-corrected chi connectivity index (χ3v) is 5.73. The van der Waals surface area contributed by atoms with Crippen LogP contribution in [0.2, 0.25) is 0 Å². The third-order valence-electron chi connectivity index (χ3n) is 3.12. The van der Waals surface area contributed by atoms with Gasteiger partial charge in [0.25, 0.3) is 0 Å². The summed E-state index contributed by atoms with van der Waals surface area (Å²) in [4.78, 5) is 2.76. The van der Waals surface area contributed by atoms with Gasteiger partial charge in [0.15, 0.2) is 5.71 Å². The van der Waals surface area contributed by atoms with Crippen molar-refractivity contribution in [1.82, 2.24) is 0 Å². The minimum absolute atomic E-state index is 1.24. The first kappa shape index (κ1) is 12.8. The van der Waals surface area contributed by atoms with Crippen LogP contribution >= 0.6 is 23.5 Å². The van der Waals surface area contributed by atoms with Gasteiger partial charge in [-0.15, -0.1) is 0 Å². The van der Waals surface area contributed by atoms with Gasteiger partial charge in [-0.25, -0.2) is 4.58 Å². The first-order chi connectivity index (χ1) is 9.13. The van der Waals surface area contributed by atoms with E-state index in [1.807, 2.05) is 23.5 Å². The number of nitrogens with zero attached hydrogens (tertiary/aromatic N) is 1. The van der Waals surface area contributed by atoms with Crippen molar-refractivity contribution in [2.45, 2.75) is 16.7 Å². The maximum atomic E-state index is 2.27. The van der Waals surface area contributed by atoms with E-state index < -0.39 is 0 Å². The predicted octanol–water partition coefficient (Wildman–Crippen LogP) is 4.24. The highest BCUT2D eigenvalue weighted by molar-refractivity contribution is 8.24. The molecule has 1 aliphatic carbocycles. The molecule has 1 aliphatic heterocycles. The van der Waals surface area contributed by atoms with Crippen molar-refractivity contribution in [3.05, 3.63) is 57.9 Å². The quantitative estimate of drug-likeness (QED) is 0.656. The Kier molecular flexibility index (Phi) is 3.42. The zero-order valence-corrected chi connectivity index (χ0v) is 12.9. The molecule has 19 heavy (non-hydrogen) atoms. The number of fused-ring (bicyclic) bond motifs is 1. The normalized spacial score (nSPS) is 17.1. The fraction of sp³-hybridized carbons (Fsp3) is 0.188. The molecule has 1 nitrogen and oxygen atoms in total. The average molecular weight is 286 g/mol. The molecule has 0 unspecified atom stereocenters. The van der Waals surface area contributed by atoms with Crippen molar-refractivity contribution in [3.63, 3.8) is 0 Å². The summed E-state index contributed by atoms with van der Waals surface area (Å²) in [6.45, 7) is 2.15. The van der Waals surface area contributed by atoms with Crippen molar-refractivity contribution in [3.8, 4) is 0 Å². The van der Waals surface area contributed by atoms with Gasteiger partial charge in [-0.3, -0.25) is 0 Å². The van der Waals surface area contributed by atoms with Gasteiger partial charge in [0.2, 0.25) is 0 Å². The molecule has 0 aromatic heterocycles. The molecular weight excluding hydrogens is 270 g/mol. The number of allylic oxidation sites excluding steroid dienone is 5. The maximum absolute atomic E-state index is 2.27. The van der Waals surface area contributed by atoms with E-state index in [9.17, 15) is 0 Å². The molecule has 0 saturated heterocycles. The largest absolute Gasteiger partial charge is 0.235 e. The van der Waals surface area contributed by atoms with E-state index in [2.05, 4.69) is 68.1 Å². The summed E-state index contributed by atoms with van der Waals surface area (Å²) < 4.78 is 3.51. The molecule has 0 spiro atoms. The molecule has 3 rings (SSSR count). The molecule has 0 saturated carbocycles. The Morgan fingerprint density at radius 3 is 2.26 bits per heavy atom. The van der Waals surface area contributed by atoms with Gasteiger partial charge in [0, 0.05) is 21.9 Å². The lowest BCUT2D eigenvalue weighted by atomic mass is 10.1. The van der Waals surface area contributed by atoms with Gasteiger partial charge in [0.05, 0.1) is 4.24 Å². The predicted molar refractivity (Wildman–Crippen MR) is 85.3 cm³/mol. The van der Waals surface area contributed by atoms with E-state index in [0.717, 1.165) is 0 Å². The van der Waals surface area contributed by atoms with Crippen molar-refractivity contribution >= 4 is 29.2 Å². The third kappa shape index (κ3) is 2.58. The Hall–Kier alpha value is -1.19. The first-order valence-electron chi connectivity index (χ1n) is 6.24. The van der Waals surface area contributed by atoms with E-state index in [1.165, 1.54) is 30.9 Å². The standard InChI is InChI=1S/C16H16NS2/c1-11-4-9-14-15(10-11)19-16(18-14)12-5-7-13(8-6-12)17(2)3/h4-10H,1-3H3/q+1. The fourth-order valence-corrected chi connectivity index (χ4v) is 4.59. The van der Waals surface area contributed by atoms with Gasteiger partial charge >= 0.3 is 0 Å². The highest BCUT2D eigenvalue weighted by Crippen LogP contribution is 2.52. The van der Waals surface area contributed by atoms with E-state index in [0.29, 0.717) is 0 Å². The number of aryl methyl sites for hydroxylation is 1. The molecule has 0 fully saturated rings. The number of hydrogen-bond donors (Lipinski definition) is 0. The summed E-state index contributed by atoms with van der Waals surface area (Å²) in [5.41, 5.74) is 3.89. The number of rotatable bonds is 0. The van der Waals surface area contributed by atoms with E-state index in [1.54, 1.807) is 0 Å². The Balaban J connectivity index is 1.91. The highest BCUT2D eigenvalue weighted by Gasteiger charge is 2.20. The summed E-state index contributed by atoms with van der Waals surface area (Å²) in [5.74, 6) is 0. The Labute approximate surface area is 122 Å². The maximum Gasteiger partial charge on any atom is 0.199 e. The first-order valence-corrected chi connectivity index (χ1v) is 7.88. The molecule has 1 heterocycles. The lowest BCUT2D eigenvalue weighted by Gasteiger charge is -2.04. The van der Waals surface area contributed by atoms with Crippen LogP contribution in [0.4, 0.5) is 0 Å². The van der Waals surface area contributed by atoms with Gasteiger partial charge < -0.3 is 0 Å². The van der Waals surface area contributed by atoms with Crippen molar-refractivity contribution in [1.29, 1.82) is 0 Å². The van der Waals surface area contributed by atoms with Crippen LogP contribution in [0, 0.1) is 6.92 Å². The number of thioether (sulfide) groups is 2. The van der Waals surface area contributed by atoms with Crippen molar-refractivity contribution in [2.75, 3.05) is 14.1 Å². The number of benzene rings is 1. The minimum atomic E-state index is 1.24. The number of hydrogen-bond acceptors (Lipinski definition) is 2. The lowest BCUT2D eigenvalue weighted by Crippen LogP contribution is -2.09. The van der Waals surface area contributed by atoms with E-state index in [4.69, 9.17) is 0 Å². The second-order valence-corrected chi connectivity index (χ2v) is 7.25. The second kappa shape index (κ2) is 5.06. The van der Waals surface area contributed by atoms with E-state index >= 15 is 0 Å². The summed E-state index contributed by atoms with van der Waals surface area (Å²) in [6.07, 6.45) is 8.78. The molecule has 1 aromatic rings. The minimum Gasteiger partial charge on any atom is -0.235 e. The molecule has 0 atom stereocenters. The highest BCUT2D eigenvalue weighted by atomic mass is 32.2. The summed E-state index contributed by atoms with van der Waals surface area (Å²) >= 11 is 3.76. The SMILES string of the molecule is Cc1ccc2c(c1)SC(=C1C=CC(=[N+](C)C)C=C1)S2. The monoisotopic (exact) mass is 286 g/mol. The molecule has 96 valence electrons. The van der Waals surface area contributed by atoms with Crippen LogP contribution < -0.4 is 0 Å². The van der Waals surface area contributed by atoms with Crippen LogP contribution in [0.3, 0.4) is 0 Å². The summed E-state index contributed by atoms with van der Waals surface area (Å²) in [5, 5.41) is 0. The van der Waals surface area contributed by atoms with Crippen LogP contribution in [0.1, 0.15) is 5.56 Å². The van der Waals surface area contributed by atoms with Gasteiger partial charge in [-0.1, -0.05) is 29.6 Å². The van der Waals surface area contributed by atoms with E-state index in [-0.39, 0.29) is 0 Å². The zero-order valence-electron chi connectivity index (χ0n) is 11.3. The Morgan fingerprint density at radius 2 is 1.58 bits per heavy atom. The van der Waals surface area contributed by atoms with Gasteiger partial charge in [-0.2, -0.15) is 0 Å². The molecular formula is C16H16NS2+. The lowest BCUT2D eigenvalue weighted by molar-refractivity contribution is -0.462. The molecule has 0 bridgehead atoms. The fourth-order valence-electron chi connectivity index (χ4n) is 2.01. The van der Waals surface area contributed by atoms with Crippen LogP contribution in [0.15, 0.2) is 62.1 Å². The smallest absolute Gasteiger partial charge is 0.199 e. The van der Waals surface area contributed by atoms with Gasteiger partial charge in [-0.05, 0) is 42.3 Å². The molecule has 0 radical (unpaired) electrons. The van der Waals surface area contributed by atoms with Gasteiger partial charge in [0.1, 0.15) is 14.1 Å². The Bertz CT molecular complexity index is 641. The van der Waals surface area contributed by atoms with Crippen LogP contribution in [-0.4, -0.2) is 24.4 Å². The molecule has 3 heteroatoms. The topological polar surface area (TPSA) is 3.01 Å². The molecule has 1 aromatic carbocycles. The average Bonchev–Trinajstić information content (AvgIpc) is 2.81. The Morgan fingerprint density at radius 1 is 0.895 bits per heavy atom. The zero-order chi connectivity index (χ0) is 13.4. The molecule has 0 amide bonds. The molecule has 0 N–H and O–H groups in total. The van der Waals surface area contributed by atoms with Crippen molar-refractivity contribution in [2.24, 2.45) is 0 Å².